The Morgan fingerprint density at radius 1 is 1.11 bits per heavy atom. The Hall–Kier alpha value is -2.44. The van der Waals surface area contributed by atoms with E-state index in [4.69, 9.17) is 19.7 Å². The van der Waals surface area contributed by atoms with Crippen molar-refractivity contribution in [2.75, 3.05) is 24.4 Å². The zero-order chi connectivity index (χ0) is 25.6. The molecule has 0 aliphatic heterocycles. The molecule has 0 bridgehead atoms. The number of hydrogen-bond donors (Lipinski definition) is 5. The first-order valence-corrected chi connectivity index (χ1v) is 13.2. The summed E-state index contributed by atoms with van der Waals surface area (Å²) in [6.45, 7) is 5.80. The lowest BCUT2D eigenvalue weighted by Gasteiger charge is -2.38. The Kier molecular flexibility index (Phi) is 7.10. The molecule has 5 unspecified atom stereocenters. The lowest BCUT2D eigenvalue weighted by Crippen LogP contribution is -2.40. The Bertz CT molecular complexity index is 1230. The van der Waals surface area contributed by atoms with Crippen LogP contribution in [0.15, 0.2) is 12.3 Å². The van der Waals surface area contributed by atoms with Gasteiger partial charge in [0.05, 0.1) is 39.9 Å². The molecule has 0 radical (unpaired) electrons. The average Bonchev–Trinajstić information content (AvgIpc) is 3.35. The molecule has 2 aliphatic carbocycles. The summed E-state index contributed by atoms with van der Waals surface area (Å²) in [6, 6.07) is 1.64. The van der Waals surface area contributed by atoms with E-state index in [1.54, 1.807) is 24.6 Å². The van der Waals surface area contributed by atoms with Crippen molar-refractivity contribution >= 4 is 33.3 Å². The van der Waals surface area contributed by atoms with Crippen LogP contribution in [0.25, 0.3) is 20.8 Å². The fourth-order valence-corrected chi connectivity index (χ4v) is 6.35. The van der Waals surface area contributed by atoms with E-state index in [9.17, 15) is 15.3 Å². The number of aryl methyl sites for hydroxylation is 2. The van der Waals surface area contributed by atoms with E-state index in [1.165, 1.54) is 0 Å². The largest absolute Gasteiger partial charge is 0.396 e. The van der Waals surface area contributed by atoms with E-state index < -0.39 is 24.2 Å². The van der Waals surface area contributed by atoms with Crippen LogP contribution < -0.4 is 10.6 Å². The van der Waals surface area contributed by atoms with Gasteiger partial charge in [0.2, 0.25) is 5.95 Å². The lowest BCUT2D eigenvalue weighted by atomic mass is 9.78. The molecule has 5 atom stereocenters. The topological polar surface area (TPSA) is 146 Å². The fraction of sp³-hybridized carbons (Fsp3) is 0.600. The minimum Gasteiger partial charge on any atom is -0.396 e. The third-order valence-corrected chi connectivity index (χ3v) is 8.72. The van der Waals surface area contributed by atoms with Crippen LogP contribution in [-0.2, 0) is 4.74 Å². The van der Waals surface area contributed by atoms with E-state index in [-0.39, 0.29) is 12.6 Å². The van der Waals surface area contributed by atoms with Crippen molar-refractivity contribution in [1.82, 2.24) is 19.9 Å². The molecular formula is C25H34N6O4S. The van der Waals surface area contributed by atoms with E-state index >= 15 is 0 Å². The summed E-state index contributed by atoms with van der Waals surface area (Å²) < 4.78 is 6.44. The van der Waals surface area contributed by atoms with Gasteiger partial charge in [-0.1, -0.05) is 0 Å². The zero-order valence-electron chi connectivity index (χ0n) is 21.0. The molecule has 2 saturated carbocycles. The van der Waals surface area contributed by atoms with Crippen LogP contribution >= 0.6 is 11.3 Å². The van der Waals surface area contributed by atoms with E-state index in [1.807, 2.05) is 19.9 Å². The number of fused-ring (bicyclic) bond motifs is 1. The molecule has 0 aromatic carbocycles. The van der Waals surface area contributed by atoms with Gasteiger partial charge in [-0.15, -0.1) is 11.3 Å². The summed E-state index contributed by atoms with van der Waals surface area (Å²) in [6.07, 6.45) is 2.48. The van der Waals surface area contributed by atoms with Crippen molar-refractivity contribution in [3.05, 3.63) is 23.7 Å². The van der Waals surface area contributed by atoms with Gasteiger partial charge in [-0.2, -0.15) is 4.98 Å². The van der Waals surface area contributed by atoms with Crippen molar-refractivity contribution in [3.63, 3.8) is 0 Å². The minimum absolute atomic E-state index is 0.170. The number of nitrogens with zero attached hydrogens (tertiary/aromatic N) is 4. The minimum atomic E-state index is -1.02. The third-order valence-electron chi connectivity index (χ3n) is 7.68. The van der Waals surface area contributed by atoms with Gasteiger partial charge < -0.3 is 30.7 Å². The first-order chi connectivity index (χ1) is 17.3. The molecule has 10 nitrogen and oxygen atoms in total. The molecule has 0 amide bonds. The lowest BCUT2D eigenvalue weighted by molar-refractivity contribution is -0.00343. The van der Waals surface area contributed by atoms with E-state index in [0.717, 1.165) is 45.0 Å². The number of hydrogen-bond acceptors (Lipinski definition) is 11. The molecule has 2 aliphatic rings. The van der Waals surface area contributed by atoms with Crippen molar-refractivity contribution in [2.24, 2.45) is 11.8 Å². The van der Waals surface area contributed by atoms with Gasteiger partial charge in [-0.25, -0.2) is 9.97 Å². The molecule has 0 spiro atoms. The number of aliphatic hydroxyl groups excluding tert-OH is 3. The zero-order valence-corrected chi connectivity index (χ0v) is 21.8. The van der Waals surface area contributed by atoms with Gasteiger partial charge in [-0.3, -0.25) is 4.98 Å². The van der Waals surface area contributed by atoms with Crippen molar-refractivity contribution in [3.8, 4) is 10.6 Å². The molecule has 36 heavy (non-hydrogen) atoms. The fourth-order valence-electron chi connectivity index (χ4n) is 5.24. The van der Waals surface area contributed by atoms with Crippen molar-refractivity contribution in [2.45, 2.75) is 70.4 Å². The van der Waals surface area contributed by atoms with Crippen LogP contribution in [0.3, 0.4) is 0 Å². The second-order valence-electron chi connectivity index (χ2n) is 10.1. The van der Waals surface area contributed by atoms with E-state index in [2.05, 4.69) is 22.5 Å². The Morgan fingerprint density at radius 2 is 1.89 bits per heavy atom. The molecule has 11 heteroatoms. The smallest absolute Gasteiger partial charge is 0.225 e. The highest BCUT2D eigenvalue weighted by molar-refractivity contribution is 7.21. The van der Waals surface area contributed by atoms with Gasteiger partial charge >= 0.3 is 0 Å². The predicted octanol–water partition coefficient (Wildman–Crippen LogP) is 2.51. The number of anilines is 2. The molecule has 2 fully saturated rings. The van der Waals surface area contributed by atoms with Crippen LogP contribution in [0.1, 0.15) is 37.6 Å². The standard InChI is InChI=1S/C25H34N6O4S/c1-11(14-7-16(8-14)35-4)27-25-28-12(2)19(24-30-20-13(3)26-6-5-18(20)36-24)23(31-25)29-17-9-15(10-32)21(33)22(17)34/h5-6,11,14-17,21-22,32-34H,7-10H2,1-4H3,(H2,27,28,29,31). The third kappa shape index (κ3) is 4.66. The molecular weight excluding hydrogens is 480 g/mol. The number of nitrogens with one attached hydrogen (secondary N) is 2. The molecule has 3 aromatic rings. The molecule has 3 aromatic heterocycles. The van der Waals surface area contributed by atoms with Crippen LogP contribution in [0.2, 0.25) is 0 Å². The number of ether oxygens (including phenoxy) is 1. The SMILES string of the molecule is COC1CC(C(C)Nc2nc(C)c(-c3nc4c(C)nccc4s3)c(NC3CC(CO)C(O)C3O)n2)C1. The van der Waals surface area contributed by atoms with Crippen molar-refractivity contribution in [1.29, 1.82) is 0 Å². The quantitative estimate of drug-likeness (QED) is 0.304. The van der Waals surface area contributed by atoms with Crippen molar-refractivity contribution < 1.29 is 20.1 Å². The molecule has 0 saturated heterocycles. The van der Waals surface area contributed by atoms with Crippen LogP contribution in [0.5, 0.6) is 0 Å². The number of pyridine rings is 1. The second-order valence-corrected chi connectivity index (χ2v) is 11.1. The molecule has 3 heterocycles. The average molecular weight is 515 g/mol. The monoisotopic (exact) mass is 514 g/mol. The second kappa shape index (κ2) is 10.1. The Balaban J connectivity index is 1.50. The normalized spacial score (nSPS) is 28.8. The molecule has 194 valence electrons. The summed E-state index contributed by atoms with van der Waals surface area (Å²) in [5.74, 6) is 1.12. The maximum Gasteiger partial charge on any atom is 0.225 e. The Morgan fingerprint density at radius 3 is 2.56 bits per heavy atom. The highest BCUT2D eigenvalue weighted by Gasteiger charge is 2.42. The van der Waals surface area contributed by atoms with Gasteiger partial charge in [0.25, 0.3) is 0 Å². The summed E-state index contributed by atoms with van der Waals surface area (Å²) in [4.78, 5) is 18.8. The number of rotatable bonds is 8. The predicted molar refractivity (Wildman–Crippen MR) is 139 cm³/mol. The summed E-state index contributed by atoms with van der Waals surface area (Å²) in [5, 5.41) is 38.2. The first kappa shape index (κ1) is 25.2. The number of aromatic nitrogens is 4. The maximum absolute atomic E-state index is 10.7. The molecule has 5 rings (SSSR count). The summed E-state index contributed by atoms with van der Waals surface area (Å²) in [5.41, 5.74) is 3.20. The molecule has 5 N–H and O–H groups in total. The van der Waals surface area contributed by atoms with E-state index in [0.29, 0.717) is 30.2 Å². The van der Waals surface area contributed by atoms with Gasteiger partial charge in [0.1, 0.15) is 22.4 Å². The van der Waals surface area contributed by atoms with Crippen LogP contribution in [0.4, 0.5) is 11.8 Å². The highest BCUT2D eigenvalue weighted by atomic mass is 32.1. The Labute approximate surface area is 214 Å². The van der Waals surface area contributed by atoms with Gasteiger partial charge in [0, 0.05) is 31.9 Å². The van der Waals surface area contributed by atoms with Gasteiger partial charge in [0.15, 0.2) is 0 Å². The van der Waals surface area contributed by atoms with Crippen LogP contribution in [0, 0.1) is 25.7 Å². The summed E-state index contributed by atoms with van der Waals surface area (Å²) >= 11 is 1.54. The van der Waals surface area contributed by atoms with Gasteiger partial charge in [-0.05, 0) is 52.0 Å². The summed E-state index contributed by atoms with van der Waals surface area (Å²) in [7, 11) is 1.75. The number of thiazole rings is 1. The van der Waals surface area contributed by atoms with Crippen LogP contribution in [-0.4, -0.2) is 79.4 Å². The number of methoxy groups -OCH3 is 1. The first-order valence-electron chi connectivity index (χ1n) is 12.4. The maximum atomic E-state index is 10.7. The highest BCUT2D eigenvalue weighted by Crippen LogP contribution is 2.39. The number of aliphatic hydroxyl groups is 3.